The minimum atomic E-state index is -3.06. The molecular weight excluding hydrogens is 432 g/mol. The molecule has 0 heterocycles. The molecule has 194 valence electrons. The summed E-state index contributed by atoms with van der Waals surface area (Å²) in [6, 6.07) is 0. The zero-order valence-electron chi connectivity index (χ0n) is 22.7. The third-order valence-electron chi connectivity index (χ3n) is 6.34. The van der Waals surface area contributed by atoms with Gasteiger partial charge in [0.05, 0.1) is 0 Å². The molecule has 0 aliphatic carbocycles. The topological polar surface area (TPSA) is 27.7 Å². The van der Waals surface area contributed by atoms with Gasteiger partial charge in [0.25, 0.3) is 0 Å². The van der Waals surface area contributed by atoms with Gasteiger partial charge in [-0.1, -0.05) is 0 Å². The van der Waals surface area contributed by atoms with Gasteiger partial charge in [0, 0.05) is 0 Å². The van der Waals surface area contributed by atoms with Gasteiger partial charge in [-0.3, -0.25) is 0 Å². The van der Waals surface area contributed by atoms with E-state index in [9.17, 15) is 0 Å². The molecule has 32 heavy (non-hydrogen) atoms. The van der Waals surface area contributed by atoms with Gasteiger partial charge in [0.2, 0.25) is 0 Å². The van der Waals surface area contributed by atoms with E-state index in [0.29, 0.717) is 0 Å². The van der Waals surface area contributed by atoms with Crippen LogP contribution in [0.25, 0.3) is 0 Å². The molecule has 0 amide bonds. The summed E-state index contributed by atoms with van der Waals surface area (Å²) < 4.78 is 19.0. The van der Waals surface area contributed by atoms with E-state index in [1.54, 1.807) is 0 Å². The Bertz CT molecular complexity index is 301. The normalized spacial score (nSPS) is 12.0. The SMILES string of the molecule is CCCCCCCCC[O][Ti]([CH3])([O]CCCCCCCCC)[O]CCCCCCCCC. The van der Waals surface area contributed by atoms with Crippen molar-refractivity contribution in [1.29, 1.82) is 0 Å². The molecule has 0 aliphatic heterocycles. The summed E-state index contributed by atoms with van der Waals surface area (Å²) in [6.45, 7) is 9.29. The van der Waals surface area contributed by atoms with Crippen molar-refractivity contribution in [3.8, 4) is 0 Å². The molecule has 0 rings (SSSR count). The third kappa shape index (κ3) is 23.7. The van der Waals surface area contributed by atoms with Gasteiger partial charge >= 0.3 is 208 Å². The predicted octanol–water partition coefficient (Wildman–Crippen LogP) is 10.2. The van der Waals surface area contributed by atoms with Gasteiger partial charge in [-0.25, -0.2) is 0 Å². The Kier molecular flexibility index (Phi) is 26.7. The van der Waals surface area contributed by atoms with Crippen LogP contribution in [-0.4, -0.2) is 19.8 Å². The van der Waals surface area contributed by atoms with Crippen LogP contribution in [0.5, 0.6) is 0 Å². The summed E-state index contributed by atoms with van der Waals surface area (Å²) in [5.41, 5.74) is 0. The molecule has 0 atom stereocenters. The standard InChI is InChI=1S/3C9H19O.CH3.Ti/c3*1-2-3-4-5-6-7-8-9-10;;/h3*2-9H2,1H3;1H3;/q3*-1;;+3. The van der Waals surface area contributed by atoms with E-state index >= 15 is 0 Å². The van der Waals surface area contributed by atoms with E-state index in [-0.39, 0.29) is 0 Å². The average Bonchev–Trinajstić information content (AvgIpc) is 2.79. The van der Waals surface area contributed by atoms with Gasteiger partial charge in [-0.05, 0) is 0 Å². The van der Waals surface area contributed by atoms with Crippen LogP contribution in [0.3, 0.4) is 0 Å². The van der Waals surface area contributed by atoms with Crippen molar-refractivity contribution in [1.82, 2.24) is 0 Å². The zero-order valence-corrected chi connectivity index (χ0v) is 24.3. The first-order valence-corrected chi connectivity index (χ1v) is 18.1. The van der Waals surface area contributed by atoms with E-state index < -0.39 is 17.8 Å². The fraction of sp³-hybridized carbons (Fsp3) is 1.00. The first-order chi connectivity index (χ1) is 15.7. The molecule has 0 aromatic carbocycles. The number of hydrogen-bond acceptors (Lipinski definition) is 3. The van der Waals surface area contributed by atoms with Crippen LogP contribution in [0.4, 0.5) is 0 Å². The van der Waals surface area contributed by atoms with E-state index in [1.165, 1.54) is 116 Å². The second-order valence-electron chi connectivity index (χ2n) is 9.77. The fourth-order valence-corrected chi connectivity index (χ4v) is 6.88. The Morgan fingerprint density at radius 2 is 0.562 bits per heavy atom. The first kappa shape index (κ1) is 32.6. The van der Waals surface area contributed by atoms with E-state index in [0.717, 1.165) is 39.1 Å². The van der Waals surface area contributed by atoms with Gasteiger partial charge in [-0.15, -0.1) is 0 Å². The van der Waals surface area contributed by atoms with Gasteiger partial charge in [-0.2, -0.15) is 0 Å². The molecule has 0 aromatic rings. The Labute approximate surface area is 207 Å². The molecule has 0 spiro atoms. The quantitative estimate of drug-likeness (QED) is 0.0843. The first-order valence-electron chi connectivity index (χ1n) is 14.6. The third-order valence-corrected chi connectivity index (χ3v) is 9.75. The van der Waals surface area contributed by atoms with Crippen LogP contribution in [0.2, 0.25) is 5.23 Å². The number of rotatable bonds is 27. The summed E-state index contributed by atoms with van der Waals surface area (Å²) in [7, 11) is 0. The molecule has 0 unspecified atom stereocenters. The maximum absolute atomic E-state index is 6.32. The number of hydrogen-bond donors (Lipinski definition) is 0. The molecule has 0 radical (unpaired) electrons. The molecule has 3 nitrogen and oxygen atoms in total. The van der Waals surface area contributed by atoms with E-state index in [1.807, 2.05) is 0 Å². The van der Waals surface area contributed by atoms with E-state index in [2.05, 4.69) is 26.0 Å². The molecule has 0 aliphatic rings. The molecular formula is C28H60O3Ti. The molecule has 0 bridgehead atoms. The monoisotopic (exact) mass is 492 g/mol. The maximum atomic E-state index is 6.32. The second-order valence-corrected chi connectivity index (χ2v) is 13.8. The van der Waals surface area contributed by atoms with Crippen molar-refractivity contribution in [2.45, 2.75) is 161 Å². The van der Waals surface area contributed by atoms with Crippen molar-refractivity contribution < 1.29 is 27.7 Å². The van der Waals surface area contributed by atoms with Gasteiger partial charge < -0.3 is 0 Å². The average molecular weight is 493 g/mol. The van der Waals surface area contributed by atoms with Crippen LogP contribution < -0.4 is 0 Å². The van der Waals surface area contributed by atoms with Gasteiger partial charge in [0.1, 0.15) is 0 Å². The Hall–Kier alpha value is 0.594. The molecule has 0 saturated heterocycles. The summed E-state index contributed by atoms with van der Waals surface area (Å²) in [6.07, 6.45) is 27.6. The van der Waals surface area contributed by atoms with Crippen LogP contribution >= 0.6 is 0 Å². The predicted molar refractivity (Wildman–Crippen MR) is 138 cm³/mol. The summed E-state index contributed by atoms with van der Waals surface area (Å²) in [4.78, 5) is 0. The van der Waals surface area contributed by atoms with Crippen LogP contribution in [0.1, 0.15) is 156 Å². The minimum absolute atomic E-state index is 0.818. The van der Waals surface area contributed by atoms with Crippen molar-refractivity contribution in [3.63, 3.8) is 0 Å². The zero-order chi connectivity index (χ0) is 23.6. The molecule has 4 heteroatoms. The summed E-state index contributed by atoms with van der Waals surface area (Å²) >= 11 is -3.06. The number of unbranched alkanes of at least 4 members (excludes halogenated alkanes) is 18. The Morgan fingerprint density at radius 3 is 0.812 bits per heavy atom. The molecule has 0 saturated carbocycles. The molecule has 0 aromatic heterocycles. The van der Waals surface area contributed by atoms with Crippen LogP contribution in [-0.2, 0) is 27.7 Å². The fourth-order valence-electron chi connectivity index (χ4n) is 4.08. The van der Waals surface area contributed by atoms with Crippen molar-refractivity contribution in [2.24, 2.45) is 0 Å². The second kappa shape index (κ2) is 26.2. The van der Waals surface area contributed by atoms with Crippen molar-refractivity contribution in [2.75, 3.05) is 19.8 Å². The van der Waals surface area contributed by atoms with E-state index in [4.69, 9.17) is 9.96 Å². The van der Waals surface area contributed by atoms with Crippen molar-refractivity contribution in [3.05, 3.63) is 0 Å². The molecule has 0 N–H and O–H groups in total. The Balaban J connectivity index is 4.04. The summed E-state index contributed by atoms with van der Waals surface area (Å²) in [5.74, 6) is 0. The van der Waals surface area contributed by atoms with Crippen LogP contribution in [0, 0.1) is 0 Å². The Morgan fingerprint density at radius 1 is 0.344 bits per heavy atom. The van der Waals surface area contributed by atoms with Gasteiger partial charge in [0.15, 0.2) is 0 Å². The summed E-state index contributed by atoms with van der Waals surface area (Å²) in [5, 5.41) is 2.17. The van der Waals surface area contributed by atoms with Crippen molar-refractivity contribution >= 4 is 0 Å². The molecule has 0 fully saturated rings. The van der Waals surface area contributed by atoms with Crippen LogP contribution in [0.15, 0.2) is 0 Å².